The first-order valence-electron chi connectivity index (χ1n) is 10.1. The molecule has 1 amide bonds. The van der Waals surface area contributed by atoms with E-state index in [0.29, 0.717) is 5.82 Å². The van der Waals surface area contributed by atoms with Crippen LogP contribution in [0.4, 0.5) is 24.8 Å². The van der Waals surface area contributed by atoms with E-state index >= 15 is 0 Å². The van der Waals surface area contributed by atoms with Crippen LogP contribution in [-0.2, 0) is 0 Å². The predicted molar refractivity (Wildman–Crippen MR) is 111 cm³/mol. The Labute approximate surface area is 179 Å². The number of rotatable bonds is 6. The molecule has 0 bridgehead atoms. The second-order valence-corrected chi connectivity index (χ2v) is 7.80. The number of ether oxygens (including phenoxy) is 1. The minimum absolute atomic E-state index is 0.0396. The third-order valence-electron chi connectivity index (χ3n) is 5.03. The maximum atomic E-state index is 12.5. The number of amides is 1. The molecule has 1 aromatic carbocycles. The van der Waals surface area contributed by atoms with Gasteiger partial charge in [0.05, 0.1) is 0 Å². The van der Waals surface area contributed by atoms with Crippen molar-refractivity contribution >= 4 is 17.5 Å². The van der Waals surface area contributed by atoms with Gasteiger partial charge in [0, 0.05) is 37.8 Å². The van der Waals surface area contributed by atoms with E-state index in [2.05, 4.69) is 25.3 Å². The Morgan fingerprint density at radius 1 is 1.10 bits per heavy atom. The second-order valence-electron chi connectivity index (χ2n) is 7.80. The van der Waals surface area contributed by atoms with E-state index in [9.17, 15) is 18.0 Å². The van der Waals surface area contributed by atoms with E-state index in [4.69, 9.17) is 0 Å². The van der Waals surface area contributed by atoms with Crippen LogP contribution in [0.25, 0.3) is 0 Å². The number of aromatic nitrogens is 2. The standard InChI is InChI=1S/C21H26F3N5O2/c1-13-25-18(12-19(26-13)29(2)3)27-15-7-9-16(10-8-15)28-20(30)14-5-4-6-17(11-14)31-21(22,23)24/h4-6,11-12,15-16H,7-10H2,1-3H3,(H,28,30)(H,25,26,27)/t15-,16+. The number of aryl methyl sites for hydroxylation is 1. The van der Waals surface area contributed by atoms with Crippen LogP contribution < -0.4 is 20.3 Å². The zero-order chi connectivity index (χ0) is 22.6. The Balaban J connectivity index is 1.52. The molecule has 1 aliphatic rings. The van der Waals surface area contributed by atoms with Crippen LogP contribution in [0.15, 0.2) is 30.3 Å². The van der Waals surface area contributed by atoms with Crippen LogP contribution in [0, 0.1) is 6.92 Å². The largest absolute Gasteiger partial charge is 0.573 e. The van der Waals surface area contributed by atoms with Crippen molar-refractivity contribution in [1.29, 1.82) is 0 Å². The molecule has 31 heavy (non-hydrogen) atoms. The lowest BCUT2D eigenvalue weighted by Gasteiger charge is -2.30. The fraction of sp³-hybridized carbons (Fsp3) is 0.476. The van der Waals surface area contributed by atoms with Gasteiger partial charge in [-0.3, -0.25) is 4.79 Å². The number of nitrogens with zero attached hydrogens (tertiary/aromatic N) is 3. The highest BCUT2D eigenvalue weighted by Gasteiger charge is 2.31. The molecule has 1 aromatic heterocycles. The molecular formula is C21H26F3N5O2. The van der Waals surface area contributed by atoms with E-state index in [1.807, 2.05) is 32.0 Å². The van der Waals surface area contributed by atoms with Crippen molar-refractivity contribution < 1.29 is 22.7 Å². The van der Waals surface area contributed by atoms with Crippen LogP contribution in [0.5, 0.6) is 5.75 Å². The van der Waals surface area contributed by atoms with Crippen molar-refractivity contribution in [3.8, 4) is 5.75 Å². The monoisotopic (exact) mass is 437 g/mol. The Kier molecular flexibility index (Phi) is 6.87. The number of hydrogen-bond acceptors (Lipinski definition) is 6. The first-order valence-corrected chi connectivity index (χ1v) is 10.1. The summed E-state index contributed by atoms with van der Waals surface area (Å²) < 4.78 is 41.0. The highest BCUT2D eigenvalue weighted by Crippen LogP contribution is 2.25. The van der Waals surface area contributed by atoms with E-state index in [0.717, 1.165) is 49.5 Å². The van der Waals surface area contributed by atoms with Gasteiger partial charge in [0.15, 0.2) is 0 Å². The number of carbonyl (C=O) groups is 1. The summed E-state index contributed by atoms with van der Waals surface area (Å²) in [6.45, 7) is 1.85. The molecule has 1 saturated carbocycles. The molecule has 2 N–H and O–H groups in total. The van der Waals surface area contributed by atoms with Crippen LogP contribution in [0.2, 0.25) is 0 Å². The zero-order valence-corrected chi connectivity index (χ0v) is 17.7. The molecule has 10 heteroatoms. The first-order chi connectivity index (χ1) is 14.6. The first kappa shape index (κ1) is 22.6. The van der Waals surface area contributed by atoms with Crippen molar-refractivity contribution in [3.63, 3.8) is 0 Å². The molecule has 3 rings (SSSR count). The molecule has 1 heterocycles. The van der Waals surface area contributed by atoms with Gasteiger partial charge in [0.25, 0.3) is 5.91 Å². The minimum atomic E-state index is -4.80. The highest BCUT2D eigenvalue weighted by atomic mass is 19.4. The zero-order valence-electron chi connectivity index (χ0n) is 17.7. The van der Waals surface area contributed by atoms with Gasteiger partial charge in [-0.1, -0.05) is 6.07 Å². The molecule has 2 aromatic rings. The van der Waals surface area contributed by atoms with Gasteiger partial charge in [-0.05, 0) is 50.8 Å². The van der Waals surface area contributed by atoms with Gasteiger partial charge in [-0.15, -0.1) is 13.2 Å². The number of hydrogen-bond donors (Lipinski definition) is 2. The lowest BCUT2D eigenvalue weighted by molar-refractivity contribution is -0.274. The van der Waals surface area contributed by atoms with Gasteiger partial charge < -0.3 is 20.3 Å². The number of nitrogens with one attached hydrogen (secondary N) is 2. The molecule has 0 aliphatic heterocycles. The lowest BCUT2D eigenvalue weighted by atomic mass is 9.91. The van der Waals surface area contributed by atoms with Crippen molar-refractivity contribution in [2.24, 2.45) is 0 Å². The topological polar surface area (TPSA) is 79.4 Å². The fourth-order valence-corrected chi connectivity index (χ4v) is 3.55. The summed E-state index contributed by atoms with van der Waals surface area (Å²) in [6.07, 6.45) is -1.61. The van der Waals surface area contributed by atoms with Crippen LogP contribution in [-0.4, -0.2) is 48.4 Å². The quantitative estimate of drug-likeness (QED) is 0.714. The summed E-state index contributed by atoms with van der Waals surface area (Å²) in [6, 6.07) is 7.17. The Morgan fingerprint density at radius 2 is 1.77 bits per heavy atom. The third-order valence-corrected chi connectivity index (χ3v) is 5.03. The van der Waals surface area contributed by atoms with Crippen LogP contribution in [0.1, 0.15) is 41.9 Å². The van der Waals surface area contributed by atoms with E-state index in [-0.39, 0.29) is 17.6 Å². The van der Waals surface area contributed by atoms with E-state index in [1.165, 1.54) is 12.1 Å². The molecular weight excluding hydrogens is 411 g/mol. The SMILES string of the molecule is Cc1nc(N[C@H]2CC[C@@H](NC(=O)c3cccc(OC(F)(F)F)c3)CC2)cc(N(C)C)n1. The third kappa shape index (κ3) is 6.73. The number of halogens is 3. The fourth-order valence-electron chi connectivity index (χ4n) is 3.55. The average Bonchev–Trinajstić information content (AvgIpc) is 2.68. The number of alkyl halides is 3. The molecule has 0 spiro atoms. The second kappa shape index (κ2) is 9.40. The van der Waals surface area contributed by atoms with Crippen molar-refractivity contribution in [1.82, 2.24) is 15.3 Å². The Bertz CT molecular complexity index is 912. The normalized spacial score (nSPS) is 18.9. The highest BCUT2D eigenvalue weighted by molar-refractivity contribution is 5.94. The molecule has 0 unspecified atom stereocenters. The van der Waals surface area contributed by atoms with Gasteiger partial charge >= 0.3 is 6.36 Å². The molecule has 168 valence electrons. The molecule has 0 saturated heterocycles. The van der Waals surface area contributed by atoms with Gasteiger partial charge in [0.1, 0.15) is 23.2 Å². The number of anilines is 2. The number of benzene rings is 1. The van der Waals surface area contributed by atoms with Crippen molar-refractivity contribution in [3.05, 3.63) is 41.7 Å². The van der Waals surface area contributed by atoms with Gasteiger partial charge in [-0.2, -0.15) is 0 Å². The van der Waals surface area contributed by atoms with Gasteiger partial charge in [0.2, 0.25) is 0 Å². The Morgan fingerprint density at radius 3 is 2.42 bits per heavy atom. The summed E-state index contributed by atoms with van der Waals surface area (Å²) in [7, 11) is 3.84. The summed E-state index contributed by atoms with van der Waals surface area (Å²) >= 11 is 0. The lowest BCUT2D eigenvalue weighted by Crippen LogP contribution is -2.40. The average molecular weight is 437 g/mol. The summed E-state index contributed by atoms with van der Waals surface area (Å²) in [5.74, 6) is 1.46. The summed E-state index contributed by atoms with van der Waals surface area (Å²) in [4.78, 5) is 23.2. The van der Waals surface area contributed by atoms with E-state index < -0.39 is 18.0 Å². The molecule has 0 atom stereocenters. The van der Waals surface area contributed by atoms with Crippen molar-refractivity contribution in [2.45, 2.75) is 51.1 Å². The summed E-state index contributed by atoms with van der Waals surface area (Å²) in [5, 5.41) is 6.35. The molecule has 1 aliphatic carbocycles. The van der Waals surface area contributed by atoms with Crippen molar-refractivity contribution in [2.75, 3.05) is 24.3 Å². The molecule has 1 fully saturated rings. The maximum absolute atomic E-state index is 12.5. The molecule has 7 nitrogen and oxygen atoms in total. The van der Waals surface area contributed by atoms with Crippen LogP contribution >= 0.6 is 0 Å². The van der Waals surface area contributed by atoms with Crippen LogP contribution in [0.3, 0.4) is 0 Å². The molecule has 0 radical (unpaired) electrons. The van der Waals surface area contributed by atoms with E-state index in [1.54, 1.807) is 0 Å². The smallest absolute Gasteiger partial charge is 0.406 e. The maximum Gasteiger partial charge on any atom is 0.573 e. The summed E-state index contributed by atoms with van der Waals surface area (Å²) in [5.41, 5.74) is 0.134. The Hall–Kier alpha value is -3.04. The predicted octanol–water partition coefficient (Wildman–Crippen LogP) is 3.90. The van der Waals surface area contributed by atoms with Gasteiger partial charge in [-0.25, -0.2) is 9.97 Å². The minimum Gasteiger partial charge on any atom is -0.406 e. The number of carbonyl (C=O) groups excluding carboxylic acids is 1.